The van der Waals surface area contributed by atoms with E-state index in [1.54, 1.807) is 11.3 Å². The summed E-state index contributed by atoms with van der Waals surface area (Å²) in [6.45, 7) is 2.60. The van der Waals surface area contributed by atoms with Gasteiger partial charge in [-0.1, -0.05) is 78.9 Å². The Hall–Kier alpha value is -4.55. The lowest BCUT2D eigenvalue weighted by atomic mass is 9.92. The molecule has 39 heavy (non-hydrogen) atoms. The largest absolute Gasteiger partial charge is 0.512 e. The van der Waals surface area contributed by atoms with Crippen LogP contribution in [0.15, 0.2) is 96.4 Å². The van der Waals surface area contributed by atoms with Gasteiger partial charge in [-0.3, -0.25) is 0 Å². The minimum atomic E-state index is -1.34. The molecule has 0 atom stereocenters. The lowest BCUT2D eigenvalue weighted by molar-refractivity contribution is 0.142. The van der Waals surface area contributed by atoms with Crippen LogP contribution in [0.4, 0.5) is 4.79 Å². The number of hydrogen-bond donors (Lipinski definition) is 2. The van der Waals surface area contributed by atoms with Gasteiger partial charge in [0.2, 0.25) is 5.88 Å². The number of thiophene rings is 1. The first-order valence-electron chi connectivity index (χ1n) is 12.9. The molecule has 0 unspecified atom stereocenters. The van der Waals surface area contributed by atoms with Crippen LogP contribution in [0.3, 0.4) is 0 Å². The van der Waals surface area contributed by atoms with E-state index in [-0.39, 0.29) is 5.88 Å². The molecule has 0 bridgehead atoms. The van der Waals surface area contributed by atoms with Crippen LogP contribution in [-0.4, -0.2) is 22.9 Å². The summed E-state index contributed by atoms with van der Waals surface area (Å²) in [6, 6.07) is 30.8. The van der Waals surface area contributed by atoms with Crippen molar-refractivity contribution in [3.8, 4) is 33.2 Å². The van der Waals surface area contributed by atoms with Crippen LogP contribution in [0.2, 0.25) is 0 Å². The molecule has 0 aliphatic heterocycles. The molecule has 2 N–H and O–H groups in total. The summed E-state index contributed by atoms with van der Waals surface area (Å²) in [6.07, 6.45) is -0.0460. The van der Waals surface area contributed by atoms with Crippen LogP contribution < -0.4 is 9.47 Å². The number of rotatable bonds is 8. The normalized spacial score (nSPS) is 11.2. The number of aromatic nitrogens is 1. The fraction of sp³-hybridized carbons (Fsp3) is 0.121. The first-order valence-corrected chi connectivity index (χ1v) is 13.8. The van der Waals surface area contributed by atoms with Crippen LogP contribution in [0.25, 0.3) is 43.2 Å². The highest BCUT2D eigenvalue weighted by molar-refractivity contribution is 7.13. The first kappa shape index (κ1) is 24.8. The molecule has 0 saturated heterocycles. The van der Waals surface area contributed by atoms with Crippen molar-refractivity contribution < 1.29 is 19.4 Å². The Labute approximate surface area is 230 Å². The van der Waals surface area contributed by atoms with Gasteiger partial charge in [-0.05, 0) is 59.4 Å². The molecule has 0 radical (unpaired) electrons. The van der Waals surface area contributed by atoms with Gasteiger partial charge in [-0.15, -0.1) is 11.3 Å². The van der Waals surface area contributed by atoms with Crippen LogP contribution in [0.5, 0.6) is 11.6 Å². The highest BCUT2D eigenvalue weighted by Gasteiger charge is 2.20. The van der Waals surface area contributed by atoms with E-state index in [9.17, 15) is 9.90 Å². The van der Waals surface area contributed by atoms with Crippen molar-refractivity contribution in [1.29, 1.82) is 0 Å². The monoisotopic (exact) mass is 533 g/mol. The topological polar surface area (TPSA) is 71.6 Å². The van der Waals surface area contributed by atoms with Crippen molar-refractivity contribution in [2.24, 2.45) is 0 Å². The van der Waals surface area contributed by atoms with Crippen molar-refractivity contribution >= 4 is 39.2 Å². The molecule has 4 aromatic carbocycles. The smallest absolute Gasteiger partial charge is 0.493 e. The molecule has 6 rings (SSSR count). The van der Waals surface area contributed by atoms with Crippen molar-refractivity contribution in [3.63, 3.8) is 0 Å². The average Bonchev–Trinajstić information content (AvgIpc) is 3.59. The van der Waals surface area contributed by atoms with E-state index in [1.807, 2.05) is 36.4 Å². The Morgan fingerprint density at radius 3 is 2.49 bits per heavy atom. The van der Waals surface area contributed by atoms with Crippen LogP contribution in [0, 0.1) is 6.92 Å². The molecule has 2 heterocycles. The molecule has 0 saturated carbocycles. The number of para-hydroxylation sites is 1. The number of nitrogens with one attached hydrogen (secondary N) is 1. The van der Waals surface area contributed by atoms with Gasteiger partial charge in [0.05, 0.1) is 12.1 Å². The molecule has 6 aromatic rings. The summed E-state index contributed by atoms with van der Waals surface area (Å²) in [7, 11) is 0. The Morgan fingerprint density at radius 2 is 1.64 bits per heavy atom. The highest BCUT2D eigenvalue weighted by atomic mass is 32.1. The van der Waals surface area contributed by atoms with E-state index in [0.717, 1.165) is 55.2 Å². The molecule has 0 amide bonds. The van der Waals surface area contributed by atoms with E-state index >= 15 is 0 Å². The molecule has 5 nitrogen and oxygen atoms in total. The number of benzene rings is 4. The summed E-state index contributed by atoms with van der Waals surface area (Å²) < 4.78 is 11.4. The third-order valence-corrected chi connectivity index (χ3v) is 7.90. The maximum absolute atomic E-state index is 11.6. The Kier molecular flexibility index (Phi) is 6.78. The van der Waals surface area contributed by atoms with Gasteiger partial charge in [-0.25, -0.2) is 4.79 Å². The number of carbonyl (C=O) groups is 1. The van der Waals surface area contributed by atoms with Gasteiger partial charge in [0.15, 0.2) is 0 Å². The third kappa shape index (κ3) is 4.87. The van der Waals surface area contributed by atoms with Gasteiger partial charge in [-0.2, -0.15) is 0 Å². The zero-order valence-corrected chi connectivity index (χ0v) is 22.3. The van der Waals surface area contributed by atoms with E-state index in [2.05, 4.69) is 71.9 Å². The van der Waals surface area contributed by atoms with Gasteiger partial charge < -0.3 is 19.6 Å². The maximum atomic E-state index is 11.6. The zero-order chi connectivity index (χ0) is 26.8. The second-order valence-electron chi connectivity index (χ2n) is 9.43. The molecule has 2 aromatic heterocycles. The molecule has 0 spiro atoms. The van der Waals surface area contributed by atoms with Crippen LogP contribution in [-0.2, 0) is 6.42 Å². The number of aromatic amines is 1. The minimum Gasteiger partial charge on any atom is -0.493 e. The summed E-state index contributed by atoms with van der Waals surface area (Å²) in [5.74, 6) is 1.11. The number of hydrogen-bond acceptors (Lipinski definition) is 4. The van der Waals surface area contributed by atoms with Crippen LogP contribution in [0.1, 0.15) is 17.5 Å². The second kappa shape index (κ2) is 10.7. The van der Waals surface area contributed by atoms with E-state index in [1.165, 1.54) is 4.88 Å². The number of aryl methyl sites for hydroxylation is 2. The predicted octanol–water partition coefficient (Wildman–Crippen LogP) is 9.09. The first-order chi connectivity index (χ1) is 19.1. The lowest BCUT2D eigenvalue weighted by Crippen LogP contribution is -2.06. The number of H-pyrrole nitrogens is 1. The quantitative estimate of drug-likeness (QED) is 0.151. The lowest BCUT2D eigenvalue weighted by Gasteiger charge is -2.13. The van der Waals surface area contributed by atoms with Crippen molar-refractivity contribution in [2.45, 2.75) is 19.8 Å². The zero-order valence-electron chi connectivity index (χ0n) is 21.4. The fourth-order valence-electron chi connectivity index (χ4n) is 5.30. The van der Waals surface area contributed by atoms with Crippen LogP contribution >= 0.6 is 11.3 Å². The van der Waals surface area contributed by atoms with Gasteiger partial charge in [0, 0.05) is 26.8 Å². The van der Waals surface area contributed by atoms with E-state index < -0.39 is 6.16 Å². The molecular formula is C33H27NO4S. The number of ether oxygens (including phenoxy) is 2. The van der Waals surface area contributed by atoms with E-state index in [0.29, 0.717) is 19.4 Å². The second-order valence-corrected chi connectivity index (χ2v) is 10.4. The SMILES string of the molecule is Cc1cccc(-c2cccs2)c1-c1cccc2c(CCCOc3cccc4ccccc34)c(OC(=O)O)[nH]c12. The summed E-state index contributed by atoms with van der Waals surface area (Å²) in [4.78, 5) is 16.1. The number of carboxylic acid groups (broad SMARTS) is 1. The number of fused-ring (bicyclic) bond motifs is 2. The summed E-state index contributed by atoms with van der Waals surface area (Å²) in [5.41, 5.74) is 6.14. The average molecular weight is 534 g/mol. The van der Waals surface area contributed by atoms with Crippen molar-refractivity contribution in [2.75, 3.05) is 6.61 Å². The molecule has 0 aliphatic rings. The predicted molar refractivity (Wildman–Crippen MR) is 158 cm³/mol. The standard InChI is InChI=1S/C33H27NO4S/c1-21-9-4-14-26(29-18-8-20-39-29)30(21)27-15-6-13-24-25(32(34-31(24)27)38-33(35)36)16-7-19-37-28-17-5-11-22-10-2-3-12-23(22)28/h2-6,8-15,17-18,20,34H,7,16,19H2,1H3,(H,35,36). The highest BCUT2D eigenvalue weighted by Crippen LogP contribution is 2.42. The molecule has 6 heteroatoms. The Bertz CT molecular complexity index is 1780. The Balaban J connectivity index is 1.34. The van der Waals surface area contributed by atoms with Gasteiger partial charge >= 0.3 is 6.16 Å². The van der Waals surface area contributed by atoms with Crippen molar-refractivity contribution in [1.82, 2.24) is 4.98 Å². The van der Waals surface area contributed by atoms with Crippen molar-refractivity contribution in [3.05, 3.63) is 108 Å². The van der Waals surface area contributed by atoms with E-state index in [4.69, 9.17) is 9.47 Å². The summed E-state index contributed by atoms with van der Waals surface area (Å²) in [5, 5.41) is 14.7. The molecule has 0 fully saturated rings. The van der Waals surface area contributed by atoms with Gasteiger partial charge in [0.25, 0.3) is 0 Å². The Morgan fingerprint density at radius 1 is 0.872 bits per heavy atom. The summed E-state index contributed by atoms with van der Waals surface area (Å²) >= 11 is 1.70. The third-order valence-electron chi connectivity index (χ3n) is 7.00. The fourth-order valence-corrected chi connectivity index (χ4v) is 6.05. The minimum absolute atomic E-state index is 0.265. The van der Waals surface area contributed by atoms with Gasteiger partial charge in [0.1, 0.15) is 5.75 Å². The maximum Gasteiger partial charge on any atom is 0.512 e. The molecule has 194 valence electrons. The molecule has 0 aliphatic carbocycles. The molecular weight excluding hydrogens is 506 g/mol.